The summed E-state index contributed by atoms with van der Waals surface area (Å²) < 4.78 is 5.65. The molecule has 2 atom stereocenters. The molecule has 0 bridgehead atoms. The molecule has 0 rings (SSSR count). The maximum Gasteiger partial charge on any atom is 0.0625 e. The lowest BCUT2D eigenvalue weighted by atomic mass is 10.2. The molecule has 0 fully saturated rings. The van der Waals surface area contributed by atoms with Crippen molar-refractivity contribution in [3.8, 4) is 0 Å². The zero-order valence-electron chi connectivity index (χ0n) is 7.75. The van der Waals surface area contributed by atoms with Gasteiger partial charge in [-0.3, -0.25) is 0 Å². The van der Waals surface area contributed by atoms with E-state index in [-0.39, 0.29) is 8.65 Å². The molecule has 0 N–H and O–H groups in total. The normalized spacial score (nSPS) is 20.8. The molecule has 0 aliphatic heterocycles. The molecule has 0 saturated carbocycles. The molecule has 0 spiro atoms. The van der Waals surface area contributed by atoms with Gasteiger partial charge in [0.2, 0.25) is 0 Å². The molecular weight excluding hydrogens is 432 g/mol. The maximum atomic E-state index is 5.59. The predicted octanol–water partition coefficient (Wildman–Crippen LogP) is 4.10. The monoisotopic (exact) mass is 442 g/mol. The molecule has 80 valence electrons. The van der Waals surface area contributed by atoms with Crippen molar-refractivity contribution in [1.82, 2.24) is 0 Å². The largest absolute Gasteiger partial charge is 0.379 e. The number of ether oxygens (including phenoxy) is 1. The fraction of sp³-hybridized carbons (Fsp3) is 1.00. The fourth-order valence-corrected chi connectivity index (χ4v) is 1.20. The van der Waals surface area contributed by atoms with Crippen LogP contribution in [0.4, 0.5) is 0 Å². The van der Waals surface area contributed by atoms with Crippen LogP contribution in [0.5, 0.6) is 0 Å². The number of hydrogen-bond donors (Lipinski definition) is 0. The predicted molar refractivity (Wildman–Crippen MR) is 73.1 cm³/mol. The Morgan fingerprint density at radius 3 is 1.46 bits per heavy atom. The molecule has 0 aromatic heterocycles. The quantitative estimate of drug-likeness (QED) is 0.559. The van der Waals surface area contributed by atoms with Crippen LogP contribution in [0.25, 0.3) is 0 Å². The van der Waals surface area contributed by atoms with Gasteiger partial charge in [-0.25, -0.2) is 0 Å². The highest BCUT2D eigenvalue weighted by atomic mass is 79.9. The minimum atomic E-state index is 0.0302. The smallest absolute Gasteiger partial charge is 0.0625 e. The molecule has 0 aromatic carbocycles. The Bertz CT molecular complexity index is 131. The van der Waals surface area contributed by atoms with Crippen LogP contribution in [0.2, 0.25) is 0 Å². The summed E-state index contributed by atoms with van der Waals surface area (Å²) in [7, 11) is 0. The van der Waals surface area contributed by atoms with Crippen molar-refractivity contribution in [3.63, 3.8) is 0 Å². The lowest BCUT2D eigenvalue weighted by molar-refractivity contribution is 0.111. The van der Waals surface area contributed by atoms with Gasteiger partial charge in [0.15, 0.2) is 0 Å². The second-order valence-corrected chi connectivity index (χ2v) is 8.54. The third-order valence-corrected chi connectivity index (χ3v) is 6.36. The second kappa shape index (κ2) is 6.46. The van der Waals surface area contributed by atoms with E-state index < -0.39 is 0 Å². The molecule has 13 heavy (non-hydrogen) atoms. The van der Waals surface area contributed by atoms with E-state index in [1.54, 1.807) is 0 Å². The van der Waals surface area contributed by atoms with E-state index in [9.17, 15) is 0 Å². The van der Waals surface area contributed by atoms with Crippen LogP contribution in [-0.4, -0.2) is 32.5 Å². The van der Waals surface area contributed by atoms with Crippen molar-refractivity contribution in [2.75, 3.05) is 23.9 Å². The average Bonchev–Trinajstić information content (AvgIpc) is 2.04. The number of rotatable bonds is 6. The lowest BCUT2D eigenvalue weighted by Gasteiger charge is -2.24. The molecule has 0 aromatic rings. The second-order valence-electron chi connectivity index (χ2n) is 3.59. The zero-order valence-corrected chi connectivity index (χ0v) is 14.1. The van der Waals surface area contributed by atoms with Crippen molar-refractivity contribution in [2.45, 2.75) is 22.5 Å². The van der Waals surface area contributed by atoms with E-state index in [0.29, 0.717) is 13.2 Å². The van der Waals surface area contributed by atoms with Crippen molar-refractivity contribution < 1.29 is 4.74 Å². The Hall–Kier alpha value is 1.88. The van der Waals surface area contributed by atoms with E-state index >= 15 is 0 Å². The van der Waals surface area contributed by atoms with Crippen LogP contribution in [0.15, 0.2) is 0 Å². The molecule has 0 aliphatic carbocycles. The highest BCUT2D eigenvalue weighted by Crippen LogP contribution is 2.24. The van der Waals surface area contributed by atoms with E-state index in [1.807, 2.05) is 0 Å². The molecule has 1 nitrogen and oxygen atoms in total. The van der Waals surface area contributed by atoms with Crippen LogP contribution < -0.4 is 0 Å². The highest BCUT2D eigenvalue weighted by molar-refractivity contribution is 9.12. The van der Waals surface area contributed by atoms with E-state index in [4.69, 9.17) is 4.74 Å². The van der Waals surface area contributed by atoms with Crippen LogP contribution in [0, 0.1) is 0 Å². The molecular formula is C8H14Br4O. The van der Waals surface area contributed by atoms with Crippen LogP contribution >= 0.6 is 63.7 Å². The molecule has 5 heteroatoms. The van der Waals surface area contributed by atoms with Gasteiger partial charge in [-0.2, -0.15) is 0 Å². The average molecular weight is 446 g/mol. The summed E-state index contributed by atoms with van der Waals surface area (Å²) in [5.74, 6) is 0. The summed E-state index contributed by atoms with van der Waals surface area (Å²) in [6.45, 7) is 5.60. The van der Waals surface area contributed by atoms with Gasteiger partial charge >= 0.3 is 0 Å². The van der Waals surface area contributed by atoms with Gasteiger partial charge in [-0.05, 0) is 13.8 Å². The summed E-state index contributed by atoms with van der Waals surface area (Å²) in [6, 6.07) is 0. The van der Waals surface area contributed by atoms with Gasteiger partial charge in [0.25, 0.3) is 0 Å². The molecule has 2 unspecified atom stereocenters. The molecule has 0 amide bonds. The molecule has 0 heterocycles. The van der Waals surface area contributed by atoms with Crippen molar-refractivity contribution in [3.05, 3.63) is 0 Å². The van der Waals surface area contributed by atoms with Gasteiger partial charge in [0.1, 0.15) is 0 Å². The Morgan fingerprint density at radius 2 is 1.23 bits per heavy atom. The van der Waals surface area contributed by atoms with Crippen LogP contribution in [-0.2, 0) is 4.74 Å². The van der Waals surface area contributed by atoms with Crippen LogP contribution in [0.1, 0.15) is 13.8 Å². The Labute approximate surface area is 114 Å². The Morgan fingerprint density at radius 1 is 0.923 bits per heavy atom. The number of alkyl halides is 4. The van der Waals surface area contributed by atoms with Crippen molar-refractivity contribution in [2.24, 2.45) is 0 Å². The molecule has 0 saturated heterocycles. The third kappa shape index (κ3) is 7.77. The third-order valence-electron chi connectivity index (χ3n) is 1.36. The summed E-state index contributed by atoms with van der Waals surface area (Å²) in [4.78, 5) is 0. The first-order chi connectivity index (χ1) is 5.83. The summed E-state index contributed by atoms with van der Waals surface area (Å²) in [6.07, 6.45) is 0. The standard InChI is InChI=1S/C8H14Br4O/c1-7(11,3-9)5-13-6-8(2,12)4-10/h3-6H2,1-2H3. The Kier molecular flexibility index (Phi) is 7.39. The van der Waals surface area contributed by atoms with Gasteiger partial charge in [0.05, 0.1) is 21.9 Å². The molecule has 0 radical (unpaired) electrons. The summed E-state index contributed by atoms with van der Waals surface area (Å²) in [5, 5.41) is 1.76. The summed E-state index contributed by atoms with van der Waals surface area (Å²) in [5.41, 5.74) is 0. The first-order valence-electron chi connectivity index (χ1n) is 3.90. The first-order valence-corrected chi connectivity index (χ1v) is 7.73. The first kappa shape index (κ1) is 14.9. The number of hydrogen-bond acceptors (Lipinski definition) is 1. The van der Waals surface area contributed by atoms with Crippen molar-refractivity contribution >= 4 is 63.7 Å². The zero-order chi connectivity index (χ0) is 10.5. The van der Waals surface area contributed by atoms with Crippen LogP contribution in [0.3, 0.4) is 0 Å². The van der Waals surface area contributed by atoms with Gasteiger partial charge in [-0.1, -0.05) is 63.7 Å². The fourth-order valence-electron chi connectivity index (χ4n) is 0.554. The molecule has 0 aliphatic rings. The van der Waals surface area contributed by atoms with E-state index in [0.717, 1.165) is 10.7 Å². The maximum absolute atomic E-state index is 5.59. The van der Waals surface area contributed by atoms with E-state index in [2.05, 4.69) is 77.6 Å². The van der Waals surface area contributed by atoms with E-state index in [1.165, 1.54) is 0 Å². The van der Waals surface area contributed by atoms with Crippen molar-refractivity contribution in [1.29, 1.82) is 0 Å². The number of halogens is 4. The SMILES string of the molecule is CC(Br)(CBr)COCC(C)(Br)CBr. The highest BCUT2D eigenvalue weighted by Gasteiger charge is 2.23. The minimum absolute atomic E-state index is 0.0302. The lowest BCUT2D eigenvalue weighted by Crippen LogP contribution is -2.31. The Balaban J connectivity index is 3.68. The van der Waals surface area contributed by atoms with Gasteiger partial charge in [0, 0.05) is 10.7 Å². The summed E-state index contributed by atoms with van der Waals surface area (Å²) >= 11 is 14.0. The minimum Gasteiger partial charge on any atom is -0.379 e. The van der Waals surface area contributed by atoms with Gasteiger partial charge in [-0.15, -0.1) is 0 Å². The van der Waals surface area contributed by atoms with Gasteiger partial charge < -0.3 is 4.74 Å². The topological polar surface area (TPSA) is 9.23 Å².